The molecule has 222 valence electrons. The highest BCUT2D eigenvalue weighted by atomic mass is 16.5. The summed E-state index contributed by atoms with van der Waals surface area (Å²) in [6.07, 6.45) is 3.20. The molecule has 1 aliphatic rings. The molecular formula is C34H37N5O4. The molecule has 0 aliphatic carbocycles. The number of aromatic amines is 2. The van der Waals surface area contributed by atoms with E-state index in [0.29, 0.717) is 25.9 Å². The lowest BCUT2D eigenvalue weighted by atomic mass is 10.0. The normalized spacial score (nSPS) is 15.7. The van der Waals surface area contributed by atoms with Crippen LogP contribution in [0.2, 0.25) is 0 Å². The van der Waals surface area contributed by atoms with E-state index in [-0.39, 0.29) is 24.3 Å². The van der Waals surface area contributed by atoms with Crippen molar-refractivity contribution in [3.8, 4) is 17.0 Å². The molecule has 3 aromatic carbocycles. The number of ether oxygens (including phenoxy) is 2. The molecular weight excluding hydrogens is 542 g/mol. The zero-order chi connectivity index (χ0) is 29.9. The summed E-state index contributed by atoms with van der Waals surface area (Å²) < 4.78 is 10.3. The van der Waals surface area contributed by atoms with Crippen molar-refractivity contribution in [3.63, 3.8) is 0 Å². The second-order valence-corrected chi connectivity index (χ2v) is 11.1. The van der Waals surface area contributed by atoms with Gasteiger partial charge in [-0.25, -0.2) is 4.98 Å². The number of fused-ring (bicyclic) bond motifs is 2. The highest BCUT2D eigenvalue weighted by Crippen LogP contribution is 2.31. The summed E-state index contributed by atoms with van der Waals surface area (Å²) in [6.45, 7) is 4.67. The Kier molecular flexibility index (Phi) is 8.16. The molecule has 0 spiro atoms. The first-order chi connectivity index (χ1) is 20.9. The molecule has 1 atom stereocenters. The SMILES string of the molecule is COC(=O)CCCN1CCN(C(=O)Cc2c(C)[nH]c3ccc(OC)cc23)C(c2ncc(-c3ccc4ccccc4c3)[nH]2)C1. The number of nitrogens with one attached hydrogen (secondary N) is 2. The number of nitrogens with zero attached hydrogens (tertiary/aromatic N) is 3. The van der Waals surface area contributed by atoms with Gasteiger partial charge in [-0.2, -0.15) is 0 Å². The van der Waals surface area contributed by atoms with Crippen molar-refractivity contribution in [2.75, 3.05) is 40.4 Å². The molecule has 1 unspecified atom stereocenters. The van der Waals surface area contributed by atoms with Crippen molar-refractivity contribution in [1.29, 1.82) is 0 Å². The Morgan fingerprint density at radius 2 is 1.84 bits per heavy atom. The number of rotatable bonds is 9. The maximum Gasteiger partial charge on any atom is 0.305 e. The van der Waals surface area contributed by atoms with Crippen molar-refractivity contribution in [2.24, 2.45) is 0 Å². The molecule has 0 saturated carbocycles. The Labute approximate surface area is 250 Å². The van der Waals surface area contributed by atoms with E-state index < -0.39 is 0 Å². The number of piperazine rings is 1. The summed E-state index contributed by atoms with van der Waals surface area (Å²) in [6, 6.07) is 20.3. The number of aromatic nitrogens is 3. The largest absolute Gasteiger partial charge is 0.497 e. The number of amides is 1. The summed E-state index contributed by atoms with van der Waals surface area (Å²) in [5, 5.41) is 3.34. The van der Waals surface area contributed by atoms with Gasteiger partial charge in [0.25, 0.3) is 0 Å². The summed E-state index contributed by atoms with van der Waals surface area (Å²) >= 11 is 0. The Morgan fingerprint density at radius 3 is 2.65 bits per heavy atom. The van der Waals surface area contributed by atoms with Gasteiger partial charge in [0, 0.05) is 48.2 Å². The standard InChI is InChI=1S/C34H37N5O4/c1-22-27(28-18-26(42-2)12-13-29(28)36-22)19-32(40)39-16-15-38(14-6-9-33(41)43-3)21-31(39)34-35-20-30(37-34)25-11-10-23-7-4-5-8-24(23)17-25/h4-5,7-8,10-13,17-18,20,31,36H,6,9,14-16,19,21H2,1-3H3,(H,35,37). The fraction of sp³-hybridized carbons (Fsp3) is 0.324. The average Bonchev–Trinajstić information content (AvgIpc) is 3.65. The number of carbonyl (C=O) groups is 2. The number of carbonyl (C=O) groups excluding carboxylic acids is 2. The van der Waals surface area contributed by atoms with Crippen LogP contribution in [0, 0.1) is 6.92 Å². The van der Waals surface area contributed by atoms with Crippen LogP contribution in [0.25, 0.3) is 32.9 Å². The number of H-pyrrole nitrogens is 2. The van der Waals surface area contributed by atoms with Crippen LogP contribution in [0.1, 0.15) is 36.0 Å². The fourth-order valence-corrected chi connectivity index (χ4v) is 6.10. The van der Waals surface area contributed by atoms with E-state index >= 15 is 0 Å². The van der Waals surface area contributed by atoms with Crippen molar-refractivity contribution >= 4 is 33.6 Å². The van der Waals surface area contributed by atoms with Gasteiger partial charge >= 0.3 is 5.97 Å². The molecule has 2 N–H and O–H groups in total. The van der Waals surface area contributed by atoms with Crippen LogP contribution in [-0.4, -0.2) is 77.0 Å². The van der Waals surface area contributed by atoms with Crippen LogP contribution in [-0.2, 0) is 20.7 Å². The van der Waals surface area contributed by atoms with Crippen LogP contribution < -0.4 is 4.74 Å². The van der Waals surface area contributed by atoms with Gasteiger partial charge in [-0.3, -0.25) is 14.5 Å². The molecule has 1 fully saturated rings. The van der Waals surface area contributed by atoms with Crippen LogP contribution in [0.4, 0.5) is 0 Å². The van der Waals surface area contributed by atoms with Crippen LogP contribution in [0.5, 0.6) is 5.75 Å². The number of methoxy groups -OCH3 is 2. The summed E-state index contributed by atoms with van der Waals surface area (Å²) in [5.41, 5.74) is 4.90. The topological polar surface area (TPSA) is 104 Å². The van der Waals surface area contributed by atoms with Crippen molar-refractivity contribution < 1.29 is 19.1 Å². The molecule has 9 heteroatoms. The highest BCUT2D eigenvalue weighted by molar-refractivity contribution is 5.91. The number of hydrogen-bond donors (Lipinski definition) is 2. The zero-order valence-electron chi connectivity index (χ0n) is 24.9. The first kappa shape index (κ1) is 28.5. The Balaban J connectivity index is 1.27. The lowest BCUT2D eigenvalue weighted by Crippen LogP contribution is -2.51. The van der Waals surface area contributed by atoms with Gasteiger partial charge in [-0.15, -0.1) is 0 Å². The van der Waals surface area contributed by atoms with Crippen LogP contribution in [0.15, 0.2) is 66.9 Å². The maximum atomic E-state index is 14.0. The third-order valence-corrected chi connectivity index (χ3v) is 8.49. The molecule has 3 heterocycles. The summed E-state index contributed by atoms with van der Waals surface area (Å²) in [4.78, 5) is 41.7. The average molecular weight is 580 g/mol. The van der Waals surface area contributed by atoms with E-state index in [1.54, 1.807) is 7.11 Å². The van der Waals surface area contributed by atoms with Gasteiger partial charge in [0.1, 0.15) is 17.6 Å². The van der Waals surface area contributed by atoms with Gasteiger partial charge < -0.3 is 24.3 Å². The molecule has 0 bridgehead atoms. The second kappa shape index (κ2) is 12.3. The van der Waals surface area contributed by atoms with Crippen molar-refractivity contribution in [3.05, 3.63) is 83.9 Å². The van der Waals surface area contributed by atoms with Gasteiger partial charge in [0.05, 0.1) is 32.5 Å². The van der Waals surface area contributed by atoms with Crippen molar-refractivity contribution in [1.82, 2.24) is 24.8 Å². The third kappa shape index (κ3) is 5.99. The molecule has 43 heavy (non-hydrogen) atoms. The first-order valence-electron chi connectivity index (χ1n) is 14.7. The van der Waals surface area contributed by atoms with Crippen LogP contribution in [0.3, 0.4) is 0 Å². The van der Waals surface area contributed by atoms with E-state index in [2.05, 4.69) is 45.2 Å². The number of imidazole rings is 1. The molecule has 9 nitrogen and oxygen atoms in total. The van der Waals surface area contributed by atoms with E-state index in [1.807, 2.05) is 48.4 Å². The maximum absolute atomic E-state index is 14.0. The first-order valence-corrected chi connectivity index (χ1v) is 14.7. The predicted octanol–water partition coefficient (Wildman–Crippen LogP) is 5.41. The van der Waals surface area contributed by atoms with Gasteiger partial charge in [0.15, 0.2) is 0 Å². The molecule has 6 rings (SSSR count). The van der Waals surface area contributed by atoms with E-state index in [9.17, 15) is 9.59 Å². The molecule has 1 aliphatic heterocycles. The number of esters is 1. The van der Waals surface area contributed by atoms with Crippen LogP contribution >= 0.6 is 0 Å². The summed E-state index contributed by atoms with van der Waals surface area (Å²) in [7, 11) is 3.06. The smallest absolute Gasteiger partial charge is 0.305 e. The minimum atomic E-state index is -0.256. The number of benzene rings is 3. The molecule has 1 amide bonds. The van der Waals surface area contributed by atoms with E-state index in [1.165, 1.54) is 12.5 Å². The van der Waals surface area contributed by atoms with E-state index in [4.69, 9.17) is 14.5 Å². The van der Waals surface area contributed by atoms with E-state index in [0.717, 1.165) is 63.5 Å². The number of hydrogen-bond acceptors (Lipinski definition) is 6. The summed E-state index contributed by atoms with van der Waals surface area (Å²) in [5.74, 6) is 1.36. The van der Waals surface area contributed by atoms with Gasteiger partial charge in [-0.05, 0) is 60.5 Å². The zero-order valence-corrected chi connectivity index (χ0v) is 24.9. The second-order valence-electron chi connectivity index (χ2n) is 11.1. The monoisotopic (exact) mass is 579 g/mol. The quantitative estimate of drug-likeness (QED) is 0.227. The predicted molar refractivity (Wildman–Crippen MR) is 167 cm³/mol. The lowest BCUT2D eigenvalue weighted by molar-refractivity contribution is -0.140. The molecule has 2 aromatic heterocycles. The Hall–Kier alpha value is -4.63. The molecule has 1 saturated heterocycles. The van der Waals surface area contributed by atoms with Crippen molar-refractivity contribution in [2.45, 2.75) is 32.2 Å². The molecule has 5 aromatic rings. The highest BCUT2D eigenvalue weighted by Gasteiger charge is 2.34. The Bertz CT molecular complexity index is 1770. The minimum absolute atomic E-state index is 0.0506. The van der Waals surface area contributed by atoms with Gasteiger partial charge in [-0.1, -0.05) is 36.4 Å². The minimum Gasteiger partial charge on any atom is -0.497 e. The fourth-order valence-electron chi connectivity index (χ4n) is 6.10. The Morgan fingerprint density at radius 1 is 1.00 bits per heavy atom. The third-order valence-electron chi connectivity index (χ3n) is 8.49. The molecule has 0 radical (unpaired) electrons. The lowest BCUT2D eigenvalue weighted by Gasteiger charge is -2.40. The number of aryl methyl sites for hydroxylation is 1. The van der Waals surface area contributed by atoms with Gasteiger partial charge in [0.2, 0.25) is 5.91 Å².